The van der Waals surface area contributed by atoms with E-state index in [2.05, 4.69) is 11.2 Å². The molecule has 0 saturated carbocycles. The van der Waals surface area contributed by atoms with Gasteiger partial charge in [-0.05, 0) is 11.2 Å². The molecule has 0 spiro atoms. The second-order valence-electron chi connectivity index (χ2n) is 0.780. The molecule has 0 aliphatic rings. The maximum atomic E-state index is 11.6. The van der Waals surface area contributed by atoms with Crippen molar-refractivity contribution in [2.24, 2.45) is 0 Å². The lowest BCUT2D eigenvalue weighted by Gasteiger charge is -1.95. The molecule has 1 atom stereocenters. The Morgan fingerprint density at radius 3 is 1.71 bits per heavy atom. The molecular weight excluding hydrogens is 184 g/mol. The van der Waals surface area contributed by atoms with Gasteiger partial charge in [0.05, 0.1) is 0 Å². The lowest BCUT2D eigenvalue weighted by molar-refractivity contribution is 0.556. The summed E-state index contributed by atoms with van der Waals surface area (Å²) in [5.41, 5.74) is 0. The average Bonchev–Trinajstić information content (AvgIpc) is 1.31. The van der Waals surface area contributed by atoms with Crippen molar-refractivity contribution in [2.75, 3.05) is 0 Å². The highest BCUT2D eigenvalue weighted by atomic mass is 35.7. The molecule has 0 aromatic carbocycles. The Bertz CT molecular complexity index is 97.1. The zero-order valence-electron chi connectivity index (χ0n) is 2.94. The highest BCUT2D eigenvalue weighted by Gasteiger charge is 2.25. The van der Waals surface area contributed by atoms with Crippen LogP contribution in [0.2, 0.25) is 0 Å². The predicted octanol–water partition coefficient (Wildman–Crippen LogP) is 3.15. The van der Waals surface area contributed by atoms with E-state index in [9.17, 15) is 8.76 Å². The first kappa shape index (κ1) is 8.03. The smallest absolute Gasteiger partial charge is 0.267 e. The molecule has 0 amide bonds. The second kappa shape index (κ2) is 2.54. The quantitative estimate of drug-likeness (QED) is 0.453. The third-order valence-electron chi connectivity index (χ3n) is 0.227. The molecule has 44 valence electrons. The summed E-state index contributed by atoms with van der Waals surface area (Å²) in [6.07, 6.45) is 0. The number of hydrogen-bond acceptors (Lipinski definition) is 1. The molecule has 0 fully saturated rings. The van der Waals surface area contributed by atoms with E-state index in [4.69, 9.17) is 23.2 Å². The molecule has 6 heteroatoms. The van der Waals surface area contributed by atoms with E-state index in [1.54, 1.807) is 0 Å². The lowest BCUT2D eigenvalue weighted by Crippen LogP contribution is -1.74. The van der Waals surface area contributed by atoms with Gasteiger partial charge in [-0.2, -0.15) is 4.20 Å². The fourth-order valence-corrected chi connectivity index (χ4v) is 0. The highest BCUT2D eigenvalue weighted by molar-refractivity contribution is 7.87. The van der Waals surface area contributed by atoms with Crippen LogP contribution in [0.4, 0.5) is 4.20 Å². The van der Waals surface area contributed by atoms with Gasteiger partial charge in [-0.25, -0.2) is 0 Å². The van der Waals surface area contributed by atoms with E-state index in [1.807, 2.05) is 0 Å². The molecule has 1 unspecified atom stereocenters. The summed E-state index contributed by atoms with van der Waals surface area (Å²) in [6.45, 7) is -4.23. The van der Waals surface area contributed by atoms with Gasteiger partial charge in [0.2, 0.25) is 4.58 Å². The van der Waals surface area contributed by atoms with Gasteiger partial charge in [0.25, 0.3) is 0 Å². The van der Waals surface area contributed by atoms with Crippen molar-refractivity contribution in [1.82, 2.24) is 0 Å². The molecule has 0 aliphatic heterocycles. The average molecular weight is 185 g/mol. The van der Waals surface area contributed by atoms with Crippen LogP contribution in [0.3, 0.4) is 0 Å². The van der Waals surface area contributed by atoms with Crippen molar-refractivity contribution in [1.29, 1.82) is 0 Å². The maximum absolute atomic E-state index is 11.6. The first-order valence-corrected chi connectivity index (χ1v) is 4.66. The molecule has 0 aromatic heterocycles. The van der Waals surface area contributed by atoms with Crippen molar-refractivity contribution in [3.63, 3.8) is 0 Å². The summed E-state index contributed by atoms with van der Waals surface area (Å²) < 4.78 is 19.7. The third kappa shape index (κ3) is 3.60. The van der Waals surface area contributed by atoms with Crippen LogP contribution in [0, 0.1) is 0 Å². The van der Waals surface area contributed by atoms with Gasteiger partial charge in [-0.15, -0.1) is 0 Å². The number of rotatable bonds is 1. The summed E-state index contributed by atoms with van der Waals surface area (Å²) in [5, 5.41) is 0. The normalized spacial score (nSPS) is 19.6. The SMILES string of the molecule is O=P(F)(Cl)C(Cl)Cl. The van der Waals surface area contributed by atoms with Gasteiger partial charge < -0.3 is 0 Å². The number of alkyl halides is 2. The summed E-state index contributed by atoms with van der Waals surface area (Å²) in [5.74, 6) is 0. The largest absolute Gasteiger partial charge is 0.358 e. The van der Waals surface area contributed by atoms with Crippen molar-refractivity contribution < 1.29 is 8.76 Å². The zero-order chi connectivity index (χ0) is 6.08. The highest BCUT2D eigenvalue weighted by Crippen LogP contribution is 2.60. The maximum Gasteiger partial charge on any atom is 0.358 e. The Balaban J connectivity index is 3.80. The van der Waals surface area contributed by atoms with Crippen LogP contribution in [-0.4, -0.2) is 4.58 Å². The Morgan fingerprint density at radius 1 is 1.57 bits per heavy atom. The van der Waals surface area contributed by atoms with Crippen LogP contribution >= 0.6 is 41.2 Å². The van der Waals surface area contributed by atoms with E-state index in [0.717, 1.165) is 0 Å². The first-order valence-electron chi connectivity index (χ1n) is 1.22. The fourth-order valence-electron chi connectivity index (χ4n) is 0. The third-order valence-corrected chi connectivity index (χ3v) is 3.37. The van der Waals surface area contributed by atoms with Crippen LogP contribution in [0.25, 0.3) is 0 Å². The molecule has 0 bridgehead atoms. The minimum atomic E-state index is -4.23. The van der Waals surface area contributed by atoms with E-state index in [-0.39, 0.29) is 0 Å². The summed E-state index contributed by atoms with van der Waals surface area (Å²) in [6, 6.07) is 0. The molecule has 0 radical (unpaired) electrons. The molecule has 0 aliphatic carbocycles. The summed E-state index contributed by atoms with van der Waals surface area (Å²) in [4.78, 5) is 0. The monoisotopic (exact) mass is 184 g/mol. The minimum Gasteiger partial charge on any atom is -0.267 e. The summed E-state index contributed by atoms with van der Waals surface area (Å²) >= 11 is 14.0. The van der Waals surface area contributed by atoms with Gasteiger partial charge in [0.1, 0.15) is 0 Å². The van der Waals surface area contributed by atoms with Crippen molar-refractivity contribution in [3.8, 4) is 0 Å². The number of hydrogen-bond donors (Lipinski definition) is 0. The standard InChI is InChI=1S/CHCl3FOP/c2-1(3)7(4,5)6/h1H. The van der Waals surface area contributed by atoms with Gasteiger partial charge >= 0.3 is 6.81 Å². The van der Waals surface area contributed by atoms with Gasteiger partial charge in [0, 0.05) is 0 Å². The molecular formula is CHCl3FOP. The predicted molar refractivity (Wildman–Crippen MR) is 30.1 cm³/mol. The first-order chi connectivity index (χ1) is 2.94. The van der Waals surface area contributed by atoms with Gasteiger partial charge in [-0.1, -0.05) is 23.2 Å². The van der Waals surface area contributed by atoms with Crippen LogP contribution in [0.5, 0.6) is 0 Å². The van der Waals surface area contributed by atoms with E-state index in [0.29, 0.717) is 0 Å². The second-order valence-corrected chi connectivity index (χ2v) is 5.39. The van der Waals surface area contributed by atoms with Crippen LogP contribution in [0.1, 0.15) is 0 Å². The Morgan fingerprint density at radius 2 is 1.71 bits per heavy atom. The van der Waals surface area contributed by atoms with Gasteiger partial charge in [0.15, 0.2) is 0 Å². The lowest BCUT2D eigenvalue weighted by atomic mass is 11.9. The molecule has 0 N–H and O–H groups in total. The van der Waals surface area contributed by atoms with Crippen molar-refractivity contribution >= 4 is 41.2 Å². The van der Waals surface area contributed by atoms with Crippen LogP contribution in [-0.2, 0) is 4.57 Å². The molecule has 0 rings (SSSR count). The summed E-state index contributed by atoms with van der Waals surface area (Å²) in [7, 11) is 0. The molecule has 0 aromatic rings. The van der Waals surface area contributed by atoms with E-state index >= 15 is 0 Å². The topological polar surface area (TPSA) is 17.1 Å². The van der Waals surface area contributed by atoms with E-state index < -0.39 is 11.4 Å². The molecule has 0 saturated heterocycles. The molecule has 7 heavy (non-hydrogen) atoms. The van der Waals surface area contributed by atoms with Crippen LogP contribution < -0.4 is 0 Å². The molecule has 1 nitrogen and oxygen atoms in total. The zero-order valence-corrected chi connectivity index (χ0v) is 6.11. The Kier molecular flexibility index (Phi) is 2.91. The fraction of sp³-hybridized carbons (Fsp3) is 1.00. The van der Waals surface area contributed by atoms with Gasteiger partial charge in [-0.3, -0.25) is 4.57 Å². The molecule has 0 heterocycles. The minimum absolute atomic E-state index is 1.60. The van der Waals surface area contributed by atoms with Crippen LogP contribution in [0.15, 0.2) is 0 Å². The van der Waals surface area contributed by atoms with Crippen molar-refractivity contribution in [3.05, 3.63) is 0 Å². The Hall–Kier alpha value is 1.03. The Labute approximate surface area is 55.0 Å². The number of halogens is 4. The van der Waals surface area contributed by atoms with E-state index in [1.165, 1.54) is 0 Å². The van der Waals surface area contributed by atoms with Crippen molar-refractivity contribution in [2.45, 2.75) is 4.58 Å².